The first-order valence-corrected chi connectivity index (χ1v) is 6.91. The summed E-state index contributed by atoms with van der Waals surface area (Å²) in [6.45, 7) is 0. The van der Waals surface area contributed by atoms with Crippen molar-refractivity contribution in [2.45, 2.75) is 0 Å². The second-order valence-corrected chi connectivity index (χ2v) is 5.48. The second kappa shape index (κ2) is 5.95. The molecule has 2 aromatic rings. The zero-order valence-electron chi connectivity index (χ0n) is 9.91. The summed E-state index contributed by atoms with van der Waals surface area (Å²) in [4.78, 5) is 12.3. The average Bonchev–Trinajstić information content (AvgIpc) is 2.41. The second-order valence-electron chi connectivity index (χ2n) is 3.81. The van der Waals surface area contributed by atoms with Crippen molar-refractivity contribution in [3.8, 4) is 5.75 Å². The zero-order chi connectivity index (χ0) is 14.0. The van der Waals surface area contributed by atoms with Crippen molar-refractivity contribution in [3.05, 3.63) is 62.0 Å². The highest BCUT2D eigenvalue weighted by Crippen LogP contribution is 2.28. The Labute approximate surface area is 129 Å². The smallest absolute Gasteiger partial charge is 0.193 e. The number of hydrogen-bond acceptors (Lipinski definition) is 2. The third-order valence-corrected chi connectivity index (χ3v) is 4.12. The van der Waals surface area contributed by atoms with E-state index in [1.54, 1.807) is 36.4 Å². The van der Waals surface area contributed by atoms with Crippen LogP contribution in [0.3, 0.4) is 0 Å². The Morgan fingerprint density at radius 1 is 1.05 bits per heavy atom. The molecule has 0 aliphatic rings. The maximum Gasteiger partial charge on any atom is 0.193 e. The Morgan fingerprint density at radius 2 is 1.63 bits per heavy atom. The summed E-state index contributed by atoms with van der Waals surface area (Å²) in [5.74, 6) is 0.394. The van der Waals surface area contributed by atoms with Crippen molar-refractivity contribution in [3.63, 3.8) is 0 Å². The van der Waals surface area contributed by atoms with Crippen LogP contribution in [0.2, 0.25) is 10.0 Å². The average molecular weight is 360 g/mol. The molecule has 0 unspecified atom stereocenters. The molecule has 19 heavy (non-hydrogen) atoms. The number of ketones is 1. The van der Waals surface area contributed by atoms with E-state index in [4.69, 9.17) is 27.9 Å². The number of carbonyl (C=O) groups is 1. The molecule has 2 aromatic carbocycles. The fraction of sp³-hybridized carbons (Fsp3) is 0.0714. The number of halogens is 3. The number of rotatable bonds is 3. The molecule has 0 fully saturated rings. The molecular formula is C14H9BrCl2O2. The standard InChI is InChI=1S/C14H9BrCl2O2/c1-19-13-5-3-9(7-12(13)17)14(18)8-2-4-10(15)11(16)6-8/h2-7H,1H3. The van der Waals surface area contributed by atoms with E-state index in [1.165, 1.54) is 7.11 Å². The Hall–Kier alpha value is -1.03. The van der Waals surface area contributed by atoms with Crippen LogP contribution in [0, 0.1) is 0 Å². The number of carbonyl (C=O) groups excluding carboxylic acids is 1. The van der Waals surface area contributed by atoms with E-state index in [-0.39, 0.29) is 5.78 Å². The molecule has 0 saturated heterocycles. The molecule has 0 bridgehead atoms. The third-order valence-electron chi connectivity index (χ3n) is 2.60. The van der Waals surface area contributed by atoms with Crippen molar-refractivity contribution in [2.75, 3.05) is 7.11 Å². The molecule has 0 aliphatic carbocycles. The number of methoxy groups -OCH3 is 1. The van der Waals surface area contributed by atoms with Gasteiger partial charge in [-0.3, -0.25) is 4.79 Å². The van der Waals surface area contributed by atoms with Crippen molar-refractivity contribution in [1.29, 1.82) is 0 Å². The van der Waals surface area contributed by atoms with Gasteiger partial charge in [-0.1, -0.05) is 23.2 Å². The van der Waals surface area contributed by atoms with E-state index in [0.717, 1.165) is 4.47 Å². The minimum Gasteiger partial charge on any atom is -0.495 e. The summed E-state index contributed by atoms with van der Waals surface area (Å²) in [6.07, 6.45) is 0. The quantitative estimate of drug-likeness (QED) is 0.721. The van der Waals surface area contributed by atoms with Crippen LogP contribution in [0.15, 0.2) is 40.9 Å². The molecule has 0 spiro atoms. The maximum absolute atomic E-state index is 12.3. The topological polar surface area (TPSA) is 26.3 Å². The lowest BCUT2D eigenvalue weighted by Crippen LogP contribution is -2.01. The first-order valence-electron chi connectivity index (χ1n) is 5.36. The van der Waals surface area contributed by atoms with Gasteiger partial charge >= 0.3 is 0 Å². The van der Waals surface area contributed by atoms with Crippen LogP contribution in [0.25, 0.3) is 0 Å². The van der Waals surface area contributed by atoms with Crippen molar-refractivity contribution in [1.82, 2.24) is 0 Å². The molecule has 5 heteroatoms. The van der Waals surface area contributed by atoms with Gasteiger partial charge in [-0.25, -0.2) is 0 Å². The van der Waals surface area contributed by atoms with Gasteiger partial charge in [-0.15, -0.1) is 0 Å². The SMILES string of the molecule is COc1ccc(C(=O)c2ccc(Br)c(Cl)c2)cc1Cl. The van der Waals surface area contributed by atoms with Crippen LogP contribution in [-0.4, -0.2) is 12.9 Å². The molecule has 98 valence electrons. The van der Waals surface area contributed by atoms with Crippen LogP contribution >= 0.6 is 39.1 Å². The Morgan fingerprint density at radius 3 is 2.16 bits per heavy atom. The Kier molecular flexibility index (Phi) is 4.50. The first-order chi connectivity index (χ1) is 9.02. The monoisotopic (exact) mass is 358 g/mol. The molecule has 0 amide bonds. The molecule has 2 nitrogen and oxygen atoms in total. The molecule has 0 heterocycles. The first kappa shape index (κ1) is 14.4. The van der Waals surface area contributed by atoms with Gasteiger partial charge in [0.15, 0.2) is 5.78 Å². The maximum atomic E-state index is 12.3. The van der Waals surface area contributed by atoms with Crippen molar-refractivity contribution in [2.24, 2.45) is 0 Å². The summed E-state index contributed by atoms with van der Waals surface area (Å²) in [7, 11) is 1.53. The highest BCUT2D eigenvalue weighted by molar-refractivity contribution is 9.10. The Balaban J connectivity index is 2.38. The van der Waals surface area contributed by atoms with Gasteiger partial charge in [0.1, 0.15) is 5.75 Å². The number of benzene rings is 2. The van der Waals surface area contributed by atoms with Gasteiger partial charge in [0.2, 0.25) is 0 Å². The molecule has 0 aliphatic heterocycles. The number of hydrogen-bond donors (Lipinski definition) is 0. The zero-order valence-corrected chi connectivity index (χ0v) is 13.0. The molecule has 0 atom stereocenters. The van der Waals surface area contributed by atoms with Crippen molar-refractivity contribution >= 4 is 44.9 Å². The fourth-order valence-corrected chi connectivity index (χ4v) is 2.30. The van der Waals surface area contributed by atoms with E-state index in [0.29, 0.717) is 26.9 Å². The van der Waals surface area contributed by atoms with E-state index in [2.05, 4.69) is 15.9 Å². The highest BCUT2D eigenvalue weighted by atomic mass is 79.9. The van der Waals surface area contributed by atoms with Crippen LogP contribution in [0.4, 0.5) is 0 Å². The minimum absolute atomic E-state index is 0.140. The van der Waals surface area contributed by atoms with Gasteiger partial charge in [0, 0.05) is 15.6 Å². The predicted molar refractivity (Wildman–Crippen MR) is 80.6 cm³/mol. The van der Waals surface area contributed by atoms with E-state index in [1.807, 2.05) is 0 Å². The Bertz CT molecular complexity index is 641. The van der Waals surface area contributed by atoms with Gasteiger partial charge in [0.05, 0.1) is 17.2 Å². The molecule has 0 N–H and O–H groups in total. The fourth-order valence-electron chi connectivity index (χ4n) is 1.61. The summed E-state index contributed by atoms with van der Waals surface area (Å²) >= 11 is 15.3. The summed E-state index contributed by atoms with van der Waals surface area (Å²) in [6, 6.07) is 9.97. The molecule has 0 saturated carbocycles. The van der Waals surface area contributed by atoms with Crippen LogP contribution < -0.4 is 4.74 Å². The lowest BCUT2D eigenvalue weighted by molar-refractivity contribution is 0.103. The van der Waals surface area contributed by atoms with E-state index < -0.39 is 0 Å². The normalized spacial score (nSPS) is 10.3. The number of ether oxygens (including phenoxy) is 1. The largest absolute Gasteiger partial charge is 0.495 e. The minimum atomic E-state index is -0.140. The third kappa shape index (κ3) is 3.11. The molecule has 0 aromatic heterocycles. The lowest BCUT2D eigenvalue weighted by Gasteiger charge is -2.06. The summed E-state index contributed by atoms with van der Waals surface area (Å²) < 4.78 is 5.80. The van der Waals surface area contributed by atoms with E-state index in [9.17, 15) is 4.79 Å². The molecule has 2 rings (SSSR count). The highest BCUT2D eigenvalue weighted by Gasteiger charge is 2.12. The van der Waals surface area contributed by atoms with Gasteiger partial charge < -0.3 is 4.74 Å². The molecule has 0 radical (unpaired) electrons. The van der Waals surface area contributed by atoms with Crippen LogP contribution in [0.5, 0.6) is 5.75 Å². The van der Waals surface area contributed by atoms with Gasteiger partial charge in [0.25, 0.3) is 0 Å². The van der Waals surface area contributed by atoms with Crippen LogP contribution in [-0.2, 0) is 0 Å². The van der Waals surface area contributed by atoms with Gasteiger partial charge in [-0.2, -0.15) is 0 Å². The van der Waals surface area contributed by atoms with Gasteiger partial charge in [-0.05, 0) is 52.3 Å². The summed E-state index contributed by atoms with van der Waals surface area (Å²) in [5, 5.41) is 0.891. The van der Waals surface area contributed by atoms with Crippen molar-refractivity contribution < 1.29 is 9.53 Å². The van der Waals surface area contributed by atoms with E-state index >= 15 is 0 Å². The summed E-state index contributed by atoms with van der Waals surface area (Å²) in [5.41, 5.74) is 0.999. The van der Waals surface area contributed by atoms with Crippen LogP contribution in [0.1, 0.15) is 15.9 Å². The predicted octanol–water partition coefficient (Wildman–Crippen LogP) is 5.00. The molecular weight excluding hydrogens is 351 g/mol. The lowest BCUT2D eigenvalue weighted by atomic mass is 10.0.